The summed E-state index contributed by atoms with van der Waals surface area (Å²) in [5, 5.41) is 10.5. The van der Waals surface area contributed by atoms with Crippen LogP contribution in [0, 0.1) is 5.82 Å². The van der Waals surface area contributed by atoms with E-state index in [1.807, 2.05) is 0 Å². The van der Waals surface area contributed by atoms with E-state index in [0.29, 0.717) is 36.9 Å². The molecule has 2 aromatic heterocycles. The number of carbonyl (C=O) groups is 3. The fourth-order valence-corrected chi connectivity index (χ4v) is 5.06. The van der Waals surface area contributed by atoms with Gasteiger partial charge in [0.15, 0.2) is 11.4 Å². The molecule has 1 N–H and O–H groups in total. The Morgan fingerprint density at radius 1 is 0.979 bits per heavy atom. The summed E-state index contributed by atoms with van der Waals surface area (Å²) >= 11 is 12.6. The maximum absolute atomic E-state index is 14.4. The molecular formula is C32H37Cl2FN6O7. The lowest BCUT2D eigenvalue weighted by Crippen LogP contribution is -2.44. The summed E-state index contributed by atoms with van der Waals surface area (Å²) in [6.07, 6.45) is -1.91. The summed E-state index contributed by atoms with van der Waals surface area (Å²) in [5.41, 5.74) is -1.90. The van der Waals surface area contributed by atoms with Crippen molar-refractivity contribution in [3.05, 3.63) is 63.6 Å². The number of imide groups is 1. The van der Waals surface area contributed by atoms with Crippen LogP contribution in [0.3, 0.4) is 0 Å². The van der Waals surface area contributed by atoms with Gasteiger partial charge in [-0.1, -0.05) is 23.2 Å². The van der Waals surface area contributed by atoms with E-state index < -0.39 is 47.0 Å². The second-order valence-electron chi connectivity index (χ2n) is 12.7. The van der Waals surface area contributed by atoms with E-state index in [-0.39, 0.29) is 27.1 Å². The van der Waals surface area contributed by atoms with Crippen molar-refractivity contribution in [3.63, 3.8) is 0 Å². The molecule has 3 heterocycles. The van der Waals surface area contributed by atoms with E-state index in [4.69, 9.17) is 42.1 Å². The summed E-state index contributed by atoms with van der Waals surface area (Å²) in [7, 11) is 0. The molecule has 1 fully saturated rings. The molecule has 0 saturated carbocycles. The Labute approximate surface area is 287 Å². The van der Waals surface area contributed by atoms with Crippen LogP contribution in [0.5, 0.6) is 5.75 Å². The van der Waals surface area contributed by atoms with E-state index in [9.17, 15) is 18.8 Å². The van der Waals surface area contributed by atoms with Gasteiger partial charge in [-0.05, 0) is 72.7 Å². The van der Waals surface area contributed by atoms with Crippen LogP contribution in [-0.2, 0) is 14.2 Å². The molecule has 13 nitrogen and oxygen atoms in total. The van der Waals surface area contributed by atoms with Crippen LogP contribution in [0.25, 0.3) is 0 Å². The third kappa shape index (κ3) is 9.42. The molecule has 1 unspecified atom stereocenters. The predicted molar refractivity (Wildman–Crippen MR) is 178 cm³/mol. The molecule has 1 aromatic carbocycles. The average molecular weight is 708 g/mol. The zero-order chi connectivity index (χ0) is 35.4. The SMILES string of the molecule is CC(Oc1cc(C(=O)Nc2ccc(N3CCOCC3)nc2)nnc1N(C(=O)OC(C)(C)C)C(=O)OC(C)(C)C)c1c(Cl)ccc(F)c1Cl. The minimum atomic E-state index is -1.16. The quantitative estimate of drug-likeness (QED) is 0.248. The van der Waals surface area contributed by atoms with Crippen LogP contribution in [0.4, 0.5) is 31.3 Å². The van der Waals surface area contributed by atoms with Crippen molar-refractivity contribution in [2.75, 3.05) is 41.4 Å². The first-order valence-corrected chi connectivity index (χ1v) is 15.7. The van der Waals surface area contributed by atoms with Crippen LogP contribution in [0.1, 0.15) is 70.6 Å². The first-order valence-electron chi connectivity index (χ1n) is 15.0. The number of carbonyl (C=O) groups excluding carboxylic acids is 3. The number of aromatic nitrogens is 3. The van der Waals surface area contributed by atoms with Gasteiger partial charge in [-0.3, -0.25) is 4.79 Å². The number of nitrogens with one attached hydrogen (secondary N) is 1. The van der Waals surface area contributed by atoms with Crippen molar-refractivity contribution >= 4 is 58.6 Å². The Morgan fingerprint density at radius 3 is 2.17 bits per heavy atom. The highest BCUT2D eigenvalue weighted by Crippen LogP contribution is 2.38. The summed E-state index contributed by atoms with van der Waals surface area (Å²) in [6, 6.07) is 6.99. The summed E-state index contributed by atoms with van der Waals surface area (Å²) in [6.45, 7) is 13.7. The highest BCUT2D eigenvalue weighted by Gasteiger charge is 2.37. The number of hydrogen-bond donors (Lipinski definition) is 1. The van der Waals surface area contributed by atoms with Gasteiger partial charge in [-0.2, -0.15) is 4.90 Å². The topological polar surface area (TPSA) is 145 Å². The highest BCUT2D eigenvalue weighted by atomic mass is 35.5. The number of rotatable bonds is 7. The largest absolute Gasteiger partial charge is 0.482 e. The van der Waals surface area contributed by atoms with E-state index in [0.717, 1.165) is 18.0 Å². The first kappa shape index (κ1) is 36.6. The van der Waals surface area contributed by atoms with Crippen molar-refractivity contribution in [2.24, 2.45) is 0 Å². The molecule has 3 aromatic rings. The van der Waals surface area contributed by atoms with Crippen molar-refractivity contribution in [1.29, 1.82) is 0 Å². The van der Waals surface area contributed by atoms with Gasteiger partial charge < -0.3 is 29.2 Å². The number of halogens is 3. The molecule has 1 aliphatic heterocycles. The zero-order valence-corrected chi connectivity index (χ0v) is 29.1. The van der Waals surface area contributed by atoms with Crippen molar-refractivity contribution < 1.29 is 37.7 Å². The standard InChI is InChI=1S/C32H37Cl2FN6O7/c1-18(25-20(33)9-10-21(35)26(25)34)46-23-16-22(28(42)37-19-8-11-24(36-17-19)40-12-14-45-15-13-40)38-39-27(23)41(29(43)47-31(2,3)4)30(44)48-32(5,6)7/h8-11,16-18H,12-15H2,1-7H3,(H,37,42). The molecule has 0 aliphatic carbocycles. The highest BCUT2D eigenvalue weighted by molar-refractivity contribution is 6.36. The van der Waals surface area contributed by atoms with Gasteiger partial charge in [-0.25, -0.2) is 19.0 Å². The number of benzene rings is 1. The van der Waals surface area contributed by atoms with Crippen molar-refractivity contribution in [2.45, 2.75) is 65.8 Å². The predicted octanol–water partition coefficient (Wildman–Crippen LogP) is 7.22. The van der Waals surface area contributed by atoms with Crippen LogP contribution >= 0.6 is 23.2 Å². The van der Waals surface area contributed by atoms with Gasteiger partial charge in [0.2, 0.25) is 5.82 Å². The van der Waals surface area contributed by atoms with E-state index in [2.05, 4.69) is 25.4 Å². The lowest BCUT2D eigenvalue weighted by Gasteiger charge is -2.29. The smallest absolute Gasteiger partial charge is 0.425 e. The molecular weight excluding hydrogens is 670 g/mol. The van der Waals surface area contributed by atoms with Gasteiger partial charge in [0.25, 0.3) is 5.91 Å². The first-order chi connectivity index (χ1) is 22.4. The Balaban J connectivity index is 1.74. The van der Waals surface area contributed by atoms with E-state index in [1.165, 1.54) is 19.2 Å². The molecule has 1 saturated heterocycles. The number of anilines is 3. The molecule has 1 atom stereocenters. The van der Waals surface area contributed by atoms with Crippen LogP contribution in [0.2, 0.25) is 10.0 Å². The molecule has 0 radical (unpaired) electrons. The van der Waals surface area contributed by atoms with Gasteiger partial charge in [0.1, 0.15) is 28.9 Å². The number of morpholine rings is 1. The Morgan fingerprint density at radius 2 is 1.60 bits per heavy atom. The summed E-state index contributed by atoms with van der Waals surface area (Å²) in [5.74, 6) is -1.50. The second-order valence-corrected chi connectivity index (χ2v) is 13.5. The second kappa shape index (κ2) is 14.9. The molecule has 48 heavy (non-hydrogen) atoms. The third-order valence-corrected chi connectivity index (χ3v) is 7.18. The molecule has 1 aliphatic rings. The number of hydrogen-bond acceptors (Lipinski definition) is 11. The maximum Gasteiger partial charge on any atom is 0.425 e. The van der Waals surface area contributed by atoms with E-state index >= 15 is 0 Å². The molecule has 3 amide bonds. The maximum atomic E-state index is 14.4. The summed E-state index contributed by atoms with van der Waals surface area (Å²) < 4.78 is 36.9. The average Bonchev–Trinajstić information content (AvgIpc) is 2.99. The fourth-order valence-electron chi connectivity index (χ4n) is 4.38. The molecule has 0 bridgehead atoms. The van der Waals surface area contributed by atoms with E-state index in [1.54, 1.807) is 53.7 Å². The molecule has 16 heteroatoms. The zero-order valence-electron chi connectivity index (χ0n) is 27.6. The lowest BCUT2D eigenvalue weighted by atomic mass is 10.1. The third-order valence-electron chi connectivity index (χ3n) is 6.47. The van der Waals surface area contributed by atoms with Gasteiger partial charge in [0.05, 0.1) is 30.1 Å². The number of amides is 3. The van der Waals surface area contributed by atoms with Gasteiger partial charge in [0, 0.05) is 29.7 Å². The normalized spacial score (nSPS) is 14.2. The molecule has 0 spiro atoms. The Bertz CT molecular complexity index is 1630. The number of ether oxygens (including phenoxy) is 4. The van der Waals surface area contributed by atoms with Crippen LogP contribution in [-0.4, -0.2) is 70.8 Å². The summed E-state index contributed by atoms with van der Waals surface area (Å²) in [4.78, 5) is 47.2. The van der Waals surface area contributed by atoms with Crippen LogP contribution < -0.4 is 19.9 Å². The van der Waals surface area contributed by atoms with Gasteiger partial charge >= 0.3 is 12.2 Å². The molecule has 4 rings (SSSR count). The lowest BCUT2D eigenvalue weighted by molar-refractivity contribution is 0.0425. The minimum absolute atomic E-state index is 0.0691. The fraction of sp³-hybridized carbons (Fsp3) is 0.438. The van der Waals surface area contributed by atoms with Crippen molar-refractivity contribution in [3.8, 4) is 5.75 Å². The monoisotopic (exact) mass is 706 g/mol. The Kier molecular flexibility index (Phi) is 11.3. The van der Waals surface area contributed by atoms with Crippen LogP contribution in [0.15, 0.2) is 36.5 Å². The number of pyridine rings is 1. The number of nitrogens with zero attached hydrogens (tertiary/aromatic N) is 5. The minimum Gasteiger partial charge on any atom is -0.482 e. The van der Waals surface area contributed by atoms with Crippen molar-refractivity contribution in [1.82, 2.24) is 15.2 Å². The Hall–Kier alpha value is -4.27. The van der Waals surface area contributed by atoms with Gasteiger partial charge in [-0.15, -0.1) is 10.2 Å². The molecule has 258 valence electrons.